The number of carbonyl (C=O) groups is 1. The average Bonchev–Trinajstić information content (AvgIpc) is 3.03. The van der Waals surface area contributed by atoms with Crippen molar-refractivity contribution in [2.24, 2.45) is 0 Å². The zero-order chi connectivity index (χ0) is 18.4. The number of halogens is 1. The van der Waals surface area contributed by atoms with Crippen LogP contribution in [0.4, 0.5) is 16.0 Å². The number of nitrogens with zero attached hydrogens (tertiary/aromatic N) is 3. The predicted molar refractivity (Wildman–Crippen MR) is 98.8 cm³/mol. The zero-order valence-corrected chi connectivity index (χ0v) is 14.4. The Morgan fingerprint density at radius 3 is 2.56 bits per heavy atom. The highest BCUT2D eigenvalue weighted by molar-refractivity contribution is 5.81. The van der Waals surface area contributed by atoms with Crippen LogP contribution in [-0.2, 0) is 10.2 Å². The standard InChI is InChI=1S/C21H16FN3O2/c22-17-3-1-2-15(7-17)16-8-23-20(24-9-16)25-11-21(12-27-13-21)18-5-4-14(10-26)6-19(18)25/h1-10H,11-13H2. The topological polar surface area (TPSA) is 55.3 Å². The van der Waals surface area contributed by atoms with E-state index in [0.29, 0.717) is 31.3 Å². The molecule has 1 aromatic heterocycles. The summed E-state index contributed by atoms with van der Waals surface area (Å²) in [5.74, 6) is 0.265. The van der Waals surface area contributed by atoms with E-state index in [-0.39, 0.29) is 11.2 Å². The minimum Gasteiger partial charge on any atom is -0.379 e. The number of benzene rings is 2. The molecule has 6 heteroatoms. The van der Waals surface area contributed by atoms with E-state index in [1.165, 1.54) is 12.1 Å². The highest BCUT2D eigenvalue weighted by Gasteiger charge is 2.49. The average molecular weight is 361 g/mol. The Morgan fingerprint density at radius 1 is 1.07 bits per heavy atom. The normalized spacial score (nSPS) is 16.9. The number of aromatic nitrogens is 2. The number of carbonyl (C=O) groups excluding carboxylic acids is 1. The Hall–Kier alpha value is -3.12. The first-order chi connectivity index (χ1) is 13.2. The van der Waals surface area contributed by atoms with Crippen molar-refractivity contribution in [2.75, 3.05) is 24.7 Å². The summed E-state index contributed by atoms with van der Waals surface area (Å²) in [5.41, 5.74) is 4.14. The van der Waals surface area contributed by atoms with E-state index in [1.54, 1.807) is 18.5 Å². The predicted octanol–water partition coefficient (Wildman–Crippen LogP) is 3.51. The third-order valence-electron chi connectivity index (χ3n) is 5.28. The van der Waals surface area contributed by atoms with Gasteiger partial charge in [0.2, 0.25) is 5.95 Å². The molecule has 0 saturated carbocycles. The van der Waals surface area contributed by atoms with Gasteiger partial charge in [-0.2, -0.15) is 0 Å². The lowest BCUT2D eigenvalue weighted by atomic mass is 9.80. The van der Waals surface area contributed by atoms with Crippen molar-refractivity contribution in [1.82, 2.24) is 9.97 Å². The number of hydrogen-bond donors (Lipinski definition) is 0. The van der Waals surface area contributed by atoms with E-state index >= 15 is 0 Å². The Bertz CT molecular complexity index is 1030. The van der Waals surface area contributed by atoms with Crippen LogP contribution in [0.2, 0.25) is 0 Å². The molecule has 0 aliphatic carbocycles. The fourth-order valence-corrected chi connectivity index (χ4v) is 3.82. The number of aldehydes is 1. The fourth-order valence-electron chi connectivity index (χ4n) is 3.82. The summed E-state index contributed by atoms with van der Waals surface area (Å²) in [4.78, 5) is 22.3. The molecule has 0 bridgehead atoms. The van der Waals surface area contributed by atoms with Crippen LogP contribution in [0, 0.1) is 5.82 Å². The Morgan fingerprint density at radius 2 is 1.89 bits per heavy atom. The molecule has 5 nitrogen and oxygen atoms in total. The van der Waals surface area contributed by atoms with Crippen LogP contribution >= 0.6 is 0 Å². The van der Waals surface area contributed by atoms with Gasteiger partial charge in [0, 0.05) is 35.8 Å². The highest BCUT2D eigenvalue weighted by Crippen LogP contribution is 2.47. The van der Waals surface area contributed by atoms with Gasteiger partial charge in [-0.15, -0.1) is 0 Å². The third-order valence-corrected chi connectivity index (χ3v) is 5.28. The fraction of sp³-hybridized carbons (Fsp3) is 0.190. The molecule has 0 amide bonds. The first kappa shape index (κ1) is 16.1. The van der Waals surface area contributed by atoms with E-state index in [4.69, 9.17) is 4.74 Å². The van der Waals surface area contributed by atoms with Crippen LogP contribution in [0.5, 0.6) is 0 Å². The van der Waals surface area contributed by atoms with Gasteiger partial charge < -0.3 is 9.64 Å². The van der Waals surface area contributed by atoms with Crippen LogP contribution in [-0.4, -0.2) is 36.0 Å². The second-order valence-corrected chi connectivity index (χ2v) is 7.04. The Kier molecular flexibility index (Phi) is 3.55. The maximum Gasteiger partial charge on any atom is 0.229 e. The molecule has 2 aliphatic rings. The minimum atomic E-state index is -0.293. The number of rotatable bonds is 3. The molecule has 134 valence electrons. The molecule has 1 spiro atoms. The molecule has 0 N–H and O–H groups in total. The van der Waals surface area contributed by atoms with Crippen molar-refractivity contribution in [3.63, 3.8) is 0 Å². The molecule has 2 aliphatic heterocycles. The van der Waals surface area contributed by atoms with Gasteiger partial charge in [-0.25, -0.2) is 14.4 Å². The Balaban J connectivity index is 1.53. The summed E-state index contributed by atoms with van der Waals surface area (Å²) >= 11 is 0. The smallest absolute Gasteiger partial charge is 0.229 e. The van der Waals surface area contributed by atoms with Gasteiger partial charge in [0.25, 0.3) is 0 Å². The van der Waals surface area contributed by atoms with E-state index in [9.17, 15) is 9.18 Å². The van der Waals surface area contributed by atoms with Gasteiger partial charge >= 0.3 is 0 Å². The molecule has 2 aromatic carbocycles. The summed E-state index contributed by atoms with van der Waals surface area (Å²) in [6, 6.07) is 12.1. The van der Waals surface area contributed by atoms with Crippen molar-refractivity contribution in [3.8, 4) is 11.1 Å². The molecule has 0 radical (unpaired) electrons. The van der Waals surface area contributed by atoms with Gasteiger partial charge in [0.05, 0.1) is 18.6 Å². The lowest BCUT2D eigenvalue weighted by Crippen LogP contribution is -2.49. The third kappa shape index (κ3) is 2.52. The quantitative estimate of drug-likeness (QED) is 0.668. The monoisotopic (exact) mass is 361 g/mol. The highest BCUT2D eigenvalue weighted by atomic mass is 19.1. The molecule has 0 unspecified atom stereocenters. The number of hydrogen-bond acceptors (Lipinski definition) is 5. The van der Waals surface area contributed by atoms with E-state index in [2.05, 4.69) is 9.97 Å². The second kappa shape index (κ2) is 5.96. The number of anilines is 2. The summed E-state index contributed by atoms with van der Waals surface area (Å²) in [6.45, 7) is 2.01. The summed E-state index contributed by atoms with van der Waals surface area (Å²) in [7, 11) is 0. The van der Waals surface area contributed by atoms with Gasteiger partial charge in [-0.3, -0.25) is 4.79 Å². The molecule has 27 heavy (non-hydrogen) atoms. The molecule has 5 rings (SSSR count). The van der Waals surface area contributed by atoms with Crippen molar-refractivity contribution in [1.29, 1.82) is 0 Å². The summed E-state index contributed by atoms with van der Waals surface area (Å²) < 4.78 is 18.9. The Labute approximate surface area is 155 Å². The summed E-state index contributed by atoms with van der Waals surface area (Å²) in [5, 5.41) is 0. The minimum absolute atomic E-state index is 0.0681. The molecule has 1 saturated heterocycles. The van der Waals surface area contributed by atoms with Gasteiger partial charge in [0.15, 0.2) is 0 Å². The summed E-state index contributed by atoms with van der Waals surface area (Å²) in [6.07, 6.45) is 4.24. The largest absolute Gasteiger partial charge is 0.379 e. The molecule has 3 aromatic rings. The molecular weight excluding hydrogens is 345 g/mol. The first-order valence-corrected chi connectivity index (χ1v) is 8.72. The lowest BCUT2D eigenvalue weighted by Gasteiger charge is -2.38. The van der Waals surface area contributed by atoms with Crippen LogP contribution in [0.25, 0.3) is 11.1 Å². The molecular formula is C21H16FN3O2. The van der Waals surface area contributed by atoms with Crippen LogP contribution in [0.3, 0.4) is 0 Å². The van der Waals surface area contributed by atoms with Gasteiger partial charge in [0.1, 0.15) is 12.1 Å². The number of ether oxygens (including phenoxy) is 1. The molecule has 3 heterocycles. The zero-order valence-electron chi connectivity index (χ0n) is 14.4. The number of fused-ring (bicyclic) bond motifs is 2. The molecule has 1 fully saturated rings. The van der Waals surface area contributed by atoms with Crippen LogP contribution < -0.4 is 4.90 Å². The van der Waals surface area contributed by atoms with Crippen LogP contribution in [0.15, 0.2) is 54.9 Å². The van der Waals surface area contributed by atoms with E-state index in [1.807, 2.05) is 29.2 Å². The van der Waals surface area contributed by atoms with E-state index in [0.717, 1.165) is 28.7 Å². The van der Waals surface area contributed by atoms with Gasteiger partial charge in [-0.05, 0) is 29.3 Å². The van der Waals surface area contributed by atoms with Crippen molar-refractivity contribution >= 4 is 17.9 Å². The first-order valence-electron chi connectivity index (χ1n) is 8.72. The van der Waals surface area contributed by atoms with E-state index < -0.39 is 0 Å². The van der Waals surface area contributed by atoms with Crippen molar-refractivity contribution in [2.45, 2.75) is 5.41 Å². The van der Waals surface area contributed by atoms with Gasteiger partial charge in [-0.1, -0.05) is 24.3 Å². The SMILES string of the molecule is O=Cc1ccc2c(c1)N(c1ncc(-c3cccc(F)c3)cn1)CC21COC1. The maximum atomic E-state index is 13.5. The molecule has 0 atom stereocenters. The van der Waals surface area contributed by atoms with Crippen molar-refractivity contribution in [3.05, 3.63) is 71.8 Å². The maximum absolute atomic E-state index is 13.5. The lowest BCUT2D eigenvalue weighted by molar-refractivity contribution is -0.0507. The second-order valence-electron chi connectivity index (χ2n) is 7.04. The van der Waals surface area contributed by atoms with Crippen molar-refractivity contribution < 1.29 is 13.9 Å². The van der Waals surface area contributed by atoms with Crippen LogP contribution in [0.1, 0.15) is 15.9 Å².